The summed E-state index contributed by atoms with van der Waals surface area (Å²) in [5, 5.41) is 5.61. The Morgan fingerprint density at radius 1 is 0.857 bits per heavy atom. The van der Waals surface area contributed by atoms with Crippen molar-refractivity contribution in [2.24, 2.45) is 5.92 Å². The maximum absolute atomic E-state index is 13.0. The Bertz CT molecular complexity index is 995. The fourth-order valence-electron chi connectivity index (χ4n) is 3.87. The van der Waals surface area contributed by atoms with E-state index >= 15 is 0 Å². The normalized spacial score (nSPS) is 13.1. The number of hydrogen-bond donors (Lipinski definition) is 2. The first-order valence-electron chi connectivity index (χ1n) is 12.4. The molecule has 2 rings (SSSR count). The summed E-state index contributed by atoms with van der Waals surface area (Å²) in [4.78, 5) is 45.1. The van der Waals surface area contributed by atoms with Gasteiger partial charge in [-0.05, 0) is 12.3 Å². The number of esters is 1. The van der Waals surface area contributed by atoms with Crippen LogP contribution in [0.5, 0.6) is 0 Å². The van der Waals surface area contributed by atoms with Crippen molar-refractivity contribution in [1.29, 1.82) is 0 Å². The minimum atomic E-state index is -2.09. The van der Waals surface area contributed by atoms with Crippen molar-refractivity contribution >= 4 is 39.7 Å². The average molecular weight is 587 g/mol. The minimum absolute atomic E-state index is 0.178. The number of benzene rings is 2. The Morgan fingerprint density at radius 3 is 1.86 bits per heavy atom. The molecule has 2 aromatic carbocycles. The second-order valence-corrected chi connectivity index (χ2v) is 24.9. The van der Waals surface area contributed by atoms with Gasteiger partial charge < -0.3 is 10.1 Å². The molecule has 2 N–H and O–H groups in total. The summed E-state index contributed by atoms with van der Waals surface area (Å²) in [6.45, 7) is 5.90. The molecule has 2 atom stereocenters. The SMILES string of the molecule is CCC[C@H](NC(=O)[C@H](CC(C)C)NC(=O)c1ccc(-c2cc[c]([Sn]([CH3])([CH3])[CH3])cc2)cc1)C(=O)OC. The molecule has 0 saturated heterocycles. The van der Waals surface area contributed by atoms with Crippen LogP contribution >= 0.6 is 0 Å². The molecule has 0 aliphatic carbocycles. The summed E-state index contributed by atoms with van der Waals surface area (Å²) >= 11 is -2.09. The predicted octanol–water partition coefficient (Wildman–Crippen LogP) is 4.50. The van der Waals surface area contributed by atoms with Gasteiger partial charge in [-0.15, -0.1) is 0 Å². The number of nitrogens with one attached hydrogen (secondary N) is 2. The molecule has 0 heterocycles. The summed E-state index contributed by atoms with van der Waals surface area (Å²) in [6.07, 6.45) is 1.65. The van der Waals surface area contributed by atoms with Crippen LogP contribution in [0.15, 0.2) is 48.5 Å². The molecule has 0 bridgehead atoms. The van der Waals surface area contributed by atoms with E-state index in [1.165, 1.54) is 10.7 Å². The van der Waals surface area contributed by atoms with Crippen molar-refractivity contribution in [2.75, 3.05) is 7.11 Å². The third kappa shape index (κ3) is 8.67. The van der Waals surface area contributed by atoms with Gasteiger partial charge in [0.15, 0.2) is 0 Å². The van der Waals surface area contributed by atoms with Gasteiger partial charge in [0.2, 0.25) is 0 Å². The molecule has 0 radical (unpaired) electrons. The van der Waals surface area contributed by atoms with Gasteiger partial charge in [0.1, 0.15) is 6.04 Å². The number of methoxy groups -OCH3 is 1. The van der Waals surface area contributed by atoms with E-state index in [9.17, 15) is 14.4 Å². The summed E-state index contributed by atoms with van der Waals surface area (Å²) in [5.74, 6) is -1.00. The quantitative estimate of drug-likeness (QED) is 0.300. The number of ether oxygens (including phenoxy) is 1. The maximum Gasteiger partial charge on any atom is 0.328 e. The number of hydrogen-bond acceptors (Lipinski definition) is 4. The molecule has 190 valence electrons. The molecule has 7 heteroatoms. The summed E-state index contributed by atoms with van der Waals surface area (Å²) in [5.41, 5.74) is 2.63. The van der Waals surface area contributed by atoms with Gasteiger partial charge >= 0.3 is 142 Å². The number of carbonyl (C=O) groups is 3. The molecule has 2 amide bonds. The van der Waals surface area contributed by atoms with Crippen LogP contribution in [-0.4, -0.2) is 55.4 Å². The molecule has 0 spiro atoms. The second-order valence-electron chi connectivity index (χ2n) is 10.4. The molecule has 35 heavy (non-hydrogen) atoms. The summed E-state index contributed by atoms with van der Waals surface area (Å²) in [7, 11) is 1.30. The number of rotatable bonds is 11. The fourth-order valence-corrected chi connectivity index (χ4v) is 7.20. The van der Waals surface area contributed by atoms with Crippen LogP contribution in [0.1, 0.15) is 50.4 Å². The third-order valence-corrected chi connectivity index (χ3v) is 11.8. The van der Waals surface area contributed by atoms with Gasteiger partial charge in [-0.2, -0.15) is 0 Å². The molecular formula is C28H40N2O4Sn. The van der Waals surface area contributed by atoms with Crippen molar-refractivity contribution < 1.29 is 19.1 Å². The Balaban J connectivity index is 2.13. The first-order valence-corrected chi connectivity index (χ1v) is 22.3. The topological polar surface area (TPSA) is 84.5 Å². The first kappa shape index (κ1) is 28.9. The average Bonchev–Trinajstić information content (AvgIpc) is 2.82. The van der Waals surface area contributed by atoms with E-state index < -0.39 is 36.4 Å². The van der Waals surface area contributed by atoms with Crippen molar-refractivity contribution in [3.63, 3.8) is 0 Å². The summed E-state index contributed by atoms with van der Waals surface area (Å²) < 4.78 is 6.28. The second kappa shape index (κ2) is 13.1. The number of carbonyl (C=O) groups excluding carboxylic acids is 3. The van der Waals surface area contributed by atoms with Crippen LogP contribution < -0.4 is 14.2 Å². The largest absolute Gasteiger partial charge is 0.467 e. The molecule has 0 saturated carbocycles. The summed E-state index contributed by atoms with van der Waals surface area (Å²) in [6, 6.07) is 14.7. The molecule has 0 aliphatic heterocycles. The van der Waals surface area contributed by atoms with Gasteiger partial charge in [-0.1, -0.05) is 27.2 Å². The molecule has 0 fully saturated rings. The van der Waals surface area contributed by atoms with Gasteiger partial charge in [0, 0.05) is 0 Å². The van der Waals surface area contributed by atoms with E-state index in [-0.39, 0.29) is 17.7 Å². The van der Waals surface area contributed by atoms with Gasteiger partial charge in [-0.3, -0.25) is 4.79 Å². The zero-order chi connectivity index (χ0) is 26.2. The van der Waals surface area contributed by atoms with E-state index in [1.54, 1.807) is 12.1 Å². The molecule has 6 nitrogen and oxygen atoms in total. The van der Waals surface area contributed by atoms with E-state index in [2.05, 4.69) is 49.7 Å². The Labute approximate surface area is 214 Å². The Hall–Kier alpha value is -2.35. The van der Waals surface area contributed by atoms with Crippen molar-refractivity contribution in [3.05, 3.63) is 54.1 Å². The van der Waals surface area contributed by atoms with Crippen LogP contribution in [-0.2, 0) is 14.3 Å². The monoisotopic (exact) mass is 588 g/mol. The van der Waals surface area contributed by atoms with Crippen LogP contribution in [0.4, 0.5) is 0 Å². The minimum Gasteiger partial charge on any atom is -0.467 e. The first-order chi connectivity index (χ1) is 16.5. The maximum atomic E-state index is 13.0. The fraction of sp³-hybridized carbons (Fsp3) is 0.464. The molecule has 2 aromatic rings. The third-order valence-electron chi connectivity index (χ3n) is 5.94. The van der Waals surface area contributed by atoms with Crippen molar-refractivity contribution in [2.45, 2.75) is 66.9 Å². The van der Waals surface area contributed by atoms with Crippen molar-refractivity contribution in [3.8, 4) is 11.1 Å². The molecule has 0 aromatic heterocycles. The molecule has 0 unspecified atom stereocenters. The van der Waals surface area contributed by atoms with E-state index in [4.69, 9.17) is 4.74 Å². The Kier molecular flexibility index (Phi) is 10.8. The Morgan fingerprint density at radius 2 is 1.40 bits per heavy atom. The van der Waals surface area contributed by atoms with Crippen LogP contribution in [0.2, 0.25) is 14.8 Å². The van der Waals surface area contributed by atoms with Crippen LogP contribution in [0.3, 0.4) is 0 Å². The van der Waals surface area contributed by atoms with Gasteiger partial charge in [-0.25, -0.2) is 4.79 Å². The zero-order valence-corrected chi connectivity index (χ0v) is 25.0. The van der Waals surface area contributed by atoms with E-state index in [0.29, 0.717) is 18.4 Å². The van der Waals surface area contributed by atoms with E-state index in [1.807, 2.05) is 32.9 Å². The molecule has 0 aliphatic rings. The predicted molar refractivity (Wildman–Crippen MR) is 144 cm³/mol. The van der Waals surface area contributed by atoms with Crippen LogP contribution in [0.25, 0.3) is 11.1 Å². The van der Waals surface area contributed by atoms with Gasteiger partial charge in [0.25, 0.3) is 0 Å². The smallest absolute Gasteiger partial charge is 0.328 e. The van der Waals surface area contributed by atoms with Crippen molar-refractivity contribution in [1.82, 2.24) is 10.6 Å². The van der Waals surface area contributed by atoms with Crippen LogP contribution in [0, 0.1) is 5.92 Å². The zero-order valence-electron chi connectivity index (χ0n) is 22.1. The number of amides is 2. The van der Waals surface area contributed by atoms with E-state index in [0.717, 1.165) is 17.5 Å². The standard InChI is InChI=1S/C25H31N2O4.3CH3.Sn/c1-5-9-21(25(30)31-4)26-24(29)22(16-17(2)3)27-23(28)20-14-12-19(13-15-20)18-10-7-6-8-11-18;;;;/h7-8,10-15,17,21-22H,5,9,16H2,1-4H3,(H,26,29)(H,27,28);3*1H3;/t21-,22-;;;;/m0..../s1. The van der Waals surface area contributed by atoms with Gasteiger partial charge in [0.05, 0.1) is 7.11 Å². The molecular weight excluding hydrogens is 547 g/mol.